The van der Waals surface area contributed by atoms with Crippen molar-refractivity contribution in [2.45, 2.75) is 19.9 Å². The fourth-order valence-electron chi connectivity index (χ4n) is 1.57. The fraction of sp³-hybridized carbons (Fsp3) is 0.300. The molecular formula is C10H12FN3S. The molecule has 1 aliphatic heterocycles. The zero-order chi connectivity index (χ0) is 11.0. The van der Waals surface area contributed by atoms with Gasteiger partial charge in [0.15, 0.2) is 5.96 Å². The van der Waals surface area contributed by atoms with Crippen LogP contribution in [0.3, 0.4) is 0 Å². The summed E-state index contributed by atoms with van der Waals surface area (Å²) in [5.41, 5.74) is 6.57. The maximum Gasteiger partial charge on any atom is 0.193 e. The van der Waals surface area contributed by atoms with Gasteiger partial charge in [-0.2, -0.15) is 0 Å². The summed E-state index contributed by atoms with van der Waals surface area (Å²) in [5.74, 6) is -0.0407. The van der Waals surface area contributed by atoms with Crippen LogP contribution in [0.2, 0.25) is 0 Å². The second-order valence-electron chi connectivity index (χ2n) is 3.49. The number of guanidine groups is 1. The lowest BCUT2D eigenvalue weighted by molar-refractivity contribution is 0.543. The first-order valence-corrected chi connectivity index (χ1v) is 5.42. The highest BCUT2D eigenvalue weighted by Gasteiger charge is 2.23. The molecule has 0 saturated heterocycles. The molecule has 5 heteroatoms. The molecular weight excluding hydrogens is 213 g/mol. The highest BCUT2D eigenvalue weighted by molar-refractivity contribution is 7.12. The number of nitrogens with two attached hydrogens (primary N) is 1. The standard InChI is InChI=1S/C10H12FN3S/c1-5-3-6(2)15-9(5)8-7(11)4-13-10(12)14-8/h3-4,8H,1-2H3,(H3,12,13,14). The van der Waals surface area contributed by atoms with E-state index in [0.717, 1.165) is 15.3 Å². The van der Waals surface area contributed by atoms with Gasteiger partial charge in [-0.05, 0) is 25.5 Å². The molecule has 0 spiro atoms. The highest BCUT2D eigenvalue weighted by Crippen LogP contribution is 2.35. The van der Waals surface area contributed by atoms with Crippen LogP contribution >= 0.6 is 11.3 Å². The lowest BCUT2D eigenvalue weighted by Crippen LogP contribution is -2.31. The Kier molecular flexibility index (Phi) is 2.48. The van der Waals surface area contributed by atoms with Gasteiger partial charge < -0.3 is 11.1 Å². The van der Waals surface area contributed by atoms with E-state index in [1.54, 1.807) is 11.3 Å². The number of aryl methyl sites for hydroxylation is 2. The summed E-state index contributed by atoms with van der Waals surface area (Å²) in [6.07, 6.45) is 1.27. The van der Waals surface area contributed by atoms with Crippen molar-refractivity contribution >= 4 is 17.3 Å². The molecule has 2 rings (SSSR count). The van der Waals surface area contributed by atoms with E-state index in [1.165, 1.54) is 6.20 Å². The molecule has 1 unspecified atom stereocenters. The second kappa shape index (κ2) is 3.66. The van der Waals surface area contributed by atoms with E-state index in [9.17, 15) is 4.39 Å². The Morgan fingerprint density at radius 2 is 2.27 bits per heavy atom. The minimum Gasteiger partial charge on any atom is -0.370 e. The maximum absolute atomic E-state index is 13.5. The minimum absolute atomic E-state index is 0.256. The van der Waals surface area contributed by atoms with Gasteiger partial charge in [0, 0.05) is 16.0 Å². The Labute approximate surface area is 91.5 Å². The third kappa shape index (κ3) is 1.87. The van der Waals surface area contributed by atoms with Gasteiger partial charge in [-0.15, -0.1) is 11.3 Å². The molecule has 3 nitrogen and oxygen atoms in total. The minimum atomic E-state index is -0.565. The van der Waals surface area contributed by atoms with Gasteiger partial charge >= 0.3 is 0 Å². The van der Waals surface area contributed by atoms with Gasteiger partial charge in [-0.1, -0.05) is 0 Å². The van der Waals surface area contributed by atoms with Crippen molar-refractivity contribution in [1.82, 2.24) is 5.32 Å². The zero-order valence-electron chi connectivity index (χ0n) is 8.54. The first kappa shape index (κ1) is 10.2. The molecule has 0 fully saturated rings. The van der Waals surface area contributed by atoms with Gasteiger partial charge in [0.1, 0.15) is 11.9 Å². The van der Waals surface area contributed by atoms with Gasteiger partial charge in [0.2, 0.25) is 0 Å². The summed E-state index contributed by atoms with van der Waals surface area (Å²) < 4.78 is 13.5. The van der Waals surface area contributed by atoms with Crippen molar-refractivity contribution in [1.29, 1.82) is 0 Å². The Hall–Kier alpha value is -1.36. The number of nitrogens with one attached hydrogen (secondary N) is 1. The van der Waals surface area contributed by atoms with Crippen LogP contribution in [0.25, 0.3) is 0 Å². The molecule has 1 aromatic rings. The van der Waals surface area contributed by atoms with Crippen LogP contribution in [0.15, 0.2) is 23.1 Å². The summed E-state index contributed by atoms with van der Waals surface area (Å²) in [6.45, 7) is 3.96. The Bertz CT molecular complexity index is 448. The van der Waals surface area contributed by atoms with Crippen LogP contribution in [0.4, 0.5) is 4.39 Å². The first-order chi connectivity index (χ1) is 7.08. The number of rotatable bonds is 1. The molecule has 0 amide bonds. The highest BCUT2D eigenvalue weighted by atomic mass is 32.1. The number of halogens is 1. The largest absolute Gasteiger partial charge is 0.370 e. The molecule has 0 radical (unpaired) electrons. The van der Waals surface area contributed by atoms with Crippen molar-refractivity contribution < 1.29 is 4.39 Å². The molecule has 2 heterocycles. The average Bonchev–Trinajstić information content (AvgIpc) is 2.50. The van der Waals surface area contributed by atoms with Crippen LogP contribution in [-0.4, -0.2) is 5.96 Å². The summed E-state index contributed by atoms with van der Waals surface area (Å²) >= 11 is 1.56. The van der Waals surface area contributed by atoms with Crippen LogP contribution in [0, 0.1) is 13.8 Å². The summed E-state index contributed by atoms with van der Waals surface area (Å²) in [7, 11) is 0. The Balaban J connectivity index is 2.41. The van der Waals surface area contributed by atoms with E-state index in [1.807, 2.05) is 19.9 Å². The smallest absolute Gasteiger partial charge is 0.193 e. The Morgan fingerprint density at radius 3 is 2.87 bits per heavy atom. The van der Waals surface area contributed by atoms with E-state index in [0.29, 0.717) is 0 Å². The zero-order valence-corrected chi connectivity index (χ0v) is 9.36. The van der Waals surface area contributed by atoms with E-state index in [2.05, 4.69) is 10.3 Å². The molecule has 0 bridgehead atoms. The van der Waals surface area contributed by atoms with Crippen LogP contribution in [0.1, 0.15) is 21.4 Å². The number of hydrogen-bond donors (Lipinski definition) is 2. The van der Waals surface area contributed by atoms with Gasteiger partial charge in [0.05, 0.1) is 0 Å². The lowest BCUT2D eigenvalue weighted by atomic mass is 10.1. The number of nitrogens with zero attached hydrogens (tertiary/aromatic N) is 1. The quantitative estimate of drug-likeness (QED) is 0.769. The predicted octanol–water partition coefficient (Wildman–Crippen LogP) is 2.13. The molecule has 0 aromatic carbocycles. The van der Waals surface area contributed by atoms with E-state index < -0.39 is 6.04 Å². The second-order valence-corrected chi connectivity index (χ2v) is 4.78. The topological polar surface area (TPSA) is 50.4 Å². The van der Waals surface area contributed by atoms with E-state index >= 15 is 0 Å². The van der Waals surface area contributed by atoms with Gasteiger partial charge in [-0.25, -0.2) is 9.38 Å². The average molecular weight is 225 g/mol. The molecule has 1 atom stereocenters. The van der Waals surface area contributed by atoms with E-state index in [4.69, 9.17) is 5.73 Å². The van der Waals surface area contributed by atoms with Crippen molar-refractivity contribution in [3.63, 3.8) is 0 Å². The summed E-state index contributed by atoms with van der Waals surface area (Å²) in [6, 6.07) is 1.46. The third-order valence-corrected chi connectivity index (χ3v) is 3.42. The fourth-order valence-corrected chi connectivity index (χ4v) is 2.65. The lowest BCUT2D eigenvalue weighted by Gasteiger charge is -2.16. The summed E-state index contributed by atoms with van der Waals surface area (Å²) in [4.78, 5) is 6.14. The number of aliphatic imine (C=N–C) groups is 1. The molecule has 0 aliphatic carbocycles. The molecule has 80 valence electrons. The molecule has 3 N–H and O–H groups in total. The first-order valence-electron chi connectivity index (χ1n) is 4.60. The summed E-state index contributed by atoms with van der Waals surface area (Å²) in [5, 5.41) is 2.55. The van der Waals surface area contributed by atoms with Crippen LogP contribution < -0.4 is 11.1 Å². The molecule has 15 heavy (non-hydrogen) atoms. The van der Waals surface area contributed by atoms with Crippen molar-refractivity contribution in [3.05, 3.63) is 33.4 Å². The van der Waals surface area contributed by atoms with Crippen molar-refractivity contribution in [2.24, 2.45) is 10.7 Å². The SMILES string of the molecule is Cc1cc(C)c(C2N=C(N)NC=C2F)s1. The number of thiophene rings is 1. The van der Waals surface area contributed by atoms with Gasteiger partial charge in [-0.3, -0.25) is 0 Å². The monoisotopic (exact) mass is 225 g/mol. The third-order valence-electron chi connectivity index (χ3n) is 2.22. The Morgan fingerprint density at radius 1 is 1.53 bits per heavy atom. The molecule has 1 aromatic heterocycles. The normalized spacial score (nSPS) is 20.6. The van der Waals surface area contributed by atoms with Gasteiger partial charge in [0.25, 0.3) is 0 Å². The van der Waals surface area contributed by atoms with Crippen molar-refractivity contribution in [3.8, 4) is 0 Å². The van der Waals surface area contributed by atoms with Crippen molar-refractivity contribution in [2.75, 3.05) is 0 Å². The molecule has 1 aliphatic rings. The van der Waals surface area contributed by atoms with E-state index in [-0.39, 0.29) is 11.8 Å². The van der Waals surface area contributed by atoms with Crippen LogP contribution in [-0.2, 0) is 0 Å². The number of hydrogen-bond acceptors (Lipinski definition) is 4. The maximum atomic E-state index is 13.5. The predicted molar refractivity (Wildman–Crippen MR) is 60.5 cm³/mol. The van der Waals surface area contributed by atoms with Crippen LogP contribution in [0.5, 0.6) is 0 Å². The molecule has 0 saturated carbocycles.